The number of rotatable bonds is 3. The zero-order chi connectivity index (χ0) is 16.6. The molecular weight excluding hydrogens is 320 g/mol. The van der Waals surface area contributed by atoms with Crippen LogP contribution in [0.2, 0.25) is 0 Å². The minimum atomic E-state index is -1.34. The van der Waals surface area contributed by atoms with Crippen molar-refractivity contribution in [2.75, 3.05) is 6.26 Å². The summed E-state index contributed by atoms with van der Waals surface area (Å²) in [6.45, 7) is 0. The van der Waals surface area contributed by atoms with E-state index in [2.05, 4.69) is 0 Å². The van der Waals surface area contributed by atoms with Gasteiger partial charge < -0.3 is 9.84 Å². The molecule has 0 saturated heterocycles. The first-order chi connectivity index (χ1) is 11.0. The molecule has 0 amide bonds. The quantitative estimate of drug-likeness (QED) is 0.830. The van der Waals surface area contributed by atoms with E-state index < -0.39 is 18.1 Å². The minimum Gasteiger partial charge on any atom is -0.457 e. The van der Waals surface area contributed by atoms with Crippen molar-refractivity contribution in [2.24, 2.45) is 0 Å². The van der Waals surface area contributed by atoms with Gasteiger partial charge in [0.1, 0.15) is 23.5 Å². The van der Waals surface area contributed by atoms with E-state index in [1.807, 2.05) is 12.3 Å². The van der Waals surface area contributed by atoms with Crippen LogP contribution >= 0.6 is 11.8 Å². The van der Waals surface area contributed by atoms with E-state index in [-0.39, 0.29) is 23.5 Å². The number of hydrogen-bond acceptors (Lipinski definition) is 4. The van der Waals surface area contributed by atoms with Gasteiger partial charge in [-0.1, -0.05) is 0 Å². The highest BCUT2D eigenvalue weighted by molar-refractivity contribution is 7.98. The van der Waals surface area contributed by atoms with Crippen LogP contribution in [0.4, 0.5) is 8.78 Å². The summed E-state index contributed by atoms with van der Waals surface area (Å²) in [4.78, 5) is 0.789. The summed E-state index contributed by atoms with van der Waals surface area (Å²) < 4.78 is 33.4. The Balaban J connectivity index is 2.06. The lowest BCUT2D eigenvalue weighted by atomic mass is 10.1. The highest BCUT2D eigenvalue weighted by atomic mass is 32.2. The molecule has 0 aliphatic heterocycles. The summed E-state index contributed by atoms with van der Waals surface area (Å²) in [5.41, 5.74) is 0.945. The maximum absolute atomic E-state index is 14.3. The Bertz CT molecular complexity index is 804. The average molecular weight is 333 g/mol. The zero-order valence-electron chi connectivity index (χ0n) is 12.2. The van der Waals surface area contributed by atoms with Crippen molar-refractivity contribution in [2.45, 2.75) is 23.6 Å². The molecule has 0 heterocycles. The smallest absolute Gasteiger partial charge is 0.134 e. The summed E-state index contributed by atoms with van der Waals surface area (Å²) >= 11 is 1.42. The highest BCUT2D eigenvalue weighted by Crippen LogP contribution is 2.50. The van der Waals surface area contributed by atoms with E-state index in [0.29, 0.717) is 11.1 Å². The third-order valence-electron chi connectivity index (χ3n) is 3.73. The fourth-order valence-electron chi connectivity index (χ4n) is 2.78. The number of nitrogens with zero attached hydrogens (tertiary/aromatic N) is 1. The van der Waals surface area contributed by atoms with Crippen LogP contribution in [0.1, 0.15) is 35.4 Å². The molecule has 0 saturated carbocycles. The largest absolute Gasteiger partial charge is 0.457 e. The normalized spacial score (nSPS) is 19.3. The summed E-state index contributed by atoms with van der Waals surface area (Å²) in [6.07, 6.45) is -0.393. The van der Waals surface area contributed by atoms with Gasteiger partial charge in [0.25, 0.3) is 0 Å². The molecule has 2 atom stereocenters. The van der Waals surface area contributed by atoms with E-state index >= 15 is 0 Å². The zero-order valence-corrected chi connectivity index (χ0v) is 13.0. The number of alkyl halides is 1. The lowest BCUT2D eigenvalue weighted by molar-refractivity contribution is 0.149. The number of nitriles is 1. The molecule has 0 fully saturated rings. The minimum absolute atomic E-state index is 0.0180. The lowest BCUT2D eigenvalue weighted by Gasteiger charge is -2.15. The molecule has 0 radical (unpaired) electrons. The Kier molecular flexibility index (Phi) is 4.24. The van der Waals surface area contributed by atoms with Gasteiger partial charge >= 0.3 is 0 Å². The first-order valence-electron chi connectivity index (χ1n) is 6.95. The average Bonchev–Trinajstić information content (AvgIpc) is 2.83. The van der Waals surface area contributed by atoms with Gasteiger partial charge in [-0.05, 0) is 30.5 Å². The van der Waals surface area contributed by atoms with Crippen molar-refractivity contribution in [3.05, 3.63) is 52.8 Å². The maximum atomic E-state index is 14.3. The number of ether oxygens (including phenoxy) is 1. The second-order valence-electron chi connectivity index (χ2n) is 5.20. The van der Waals surface area contributed by atoms with Crippen LogP contribution in [0.3, 0.4) is 0 Å². The number of hydrogen-bond donors (Lipinski definition) is 1. The molecule has 0 spiro atoms. The lowest BCUT2D eigenvalue weighted by Crippen LogP contribution is -1.97. The van der Waals surface area contributed by atoms with Crippen molar-refractivity contribution in [3.63, 3.8) is 0 Å². The standard InChI is InChI=1S/C17H13F2NO2S/c1-23-15-3-2-14(16-12(19)7-13(21)17(15)16)22-11-5-9(8-20)4-10(18)6-11/h2-6,12-13,21H,7H2,1H3/t12-,13-/m1/s1. The van der Waals surface area contributed by atoms with Crippen molar-refractivity contribution >= 4 is 11.8 Å². The Morgan fingerprint density at radius 1 is 1.30 bits per heavy atom. The predicted octanol–water partition coefficient (Wildman–Crippen LogP) is 4.66. The Hall–Kier alpha value is -2.10. The third-order valence-corrected chi connectivity index (χ3v) is 4.53. The summed E-state index contributed by atoms with van der Waals surface area (Å²) in [5.74, 6) is -0.251. The second-order valence-corrected chi connectivity index (χ2v) is 6.05. The molecule has 1 aliphatic rings. The van der Waals surface area contributed by atoms with Gasteiger partial charge in [-0.15, -0.1) is 11.8 Å². The Morgan fingerprint density at radius 2 is 2.09 bits per heavy atom. The molecule has 0 bridgehead atoms. The van der Waals surface area contributed by atoms with Gasteiger partial charge in [-0.2, -0.15) is 5.26 Å². The van der Waals surface area contributed by atoms with Gasteiger partial charge in [0, 0.05) is 28.5 Å². The molecular formula is C17H13F2NO2S. The summed E-state index contributed by atoms with van der Waals surface area (Å²) in [5, 5.41) is 19.0. The number of thioether (sulfide) groups is 1. The number of halogens is 2. The first-order valence-corrected chi connectivity index (χ1v) is 8.17. The van der Waals surface area contributed by atoms with Gasteiger partial charge in [0.2, 0.25) is 0 Å². The fourth-order valence-corrected chi connectivity index (χ4v) is 3.45. The molecule has 23 heavy (non-hydrogen) atoms. The molecule has 0 unspecified atom stereocenters. The molecule has 3 nitrogen and oxygen atoms in total. The van der Waals surface area contributed by atoms with Crippen molar-refractivity contribution in [3.8, 4) is 17.6 Å². The molecule has 2 aromatic rings. The highest BCUT2D eigenvalue weighted by Gasteiger charge is 2.35. The second kappa shape index (κ2) is 6.19. The molecule has 1 aliphatic carbocycles. The summed E-state index contributed by atoms with van der Waals surface area (Å²) in [6, 6.07) is 8.80. The molecule has 2 aromatic carbocycles. The van der Waals surface area contributed by atoms with E-state index in [1.54, 1.807) is 12.1 Å². The van der Waals surface area contributed by atoms with E-state index in [9.17, 15) is 13.9 Å². The van der Waals surface area contributed by atoms with Crippen LogP contribution in [0.15, 0.2) is 35.2 Å². The van der Waals surface area contributed by atoms with E-state index in [4.69, 9.17) is 10.00 Å². The van der Waals surface area contributed by atoms with Crippen molar-refractivity contribution in [1.29, 1.82) is 5.26 Å². The number of fused-ring (bicyclic) bond motifs is 1. The van der Waals surface area contributed by atoms with Gasteiger partial charge in [-0.25, -0.2) is 8.78 Å². The Morgan fingerprint density at radius 3 is 2.78 bits per heavy atom. The van der Waals surface area contributed by atoms with E-state index in [1.165, 1.54) is 17.8 Å². The van der Waals surface area contributed by atoms with Crippen LogP contribution in [0, 0.1) is 17.1 Å². The topological polar surface area (TPSA) is 53.2 Å². The first kappa shape index (κ1) is 15.8. The molecule has 6 heteroatoms. The van der Waals surface area contributed by atoms with Crippen molar-refractivity contribution < 1.29 is 18.6 Å². The SMILES string of the molecule is CSc1ccc(Oc2cc(F)cc(C#N)c2)c2c1[C@H](O)C[C@H]2F. The van der Waals surface area contributed by atoms with E-state index in [0.717, 1.165) is 17.0 Å². The predicted molar refractivity (Wildman–Crippen MR) is 82.8 cm³/mol. The Labute approximate surface area is 136 Å². The third kappa shape index (κ3) is 2.90. The monoisotopic (exact) mass is 333 g/mol. The van der Waals surface area contributed by atoms with Gasteiger partial charge in [-0.3, -0.25) is 0 Å². The van der Waals surface area contributed by atoms with Crippen LogP contribution in [-0.4, -0.2) is 11.4 Å². The molecule has 3 rings (SSSR count). The molecule has 0 aromatic heterocycles. The van der Waals surface area contributed by atoms with Crippen LogP contribution in [-0.2, 0) is 0 Å². The maximum Gasteiger partial charge on any atom is 0.134 e. The van der Waals surface area contributed by atoms with Crippen LogP contribution < -0.4 is 4.74 Å². The van der Waals surface area contributed by atoms with Crippen molar-refractivity contribution in [1.82, 2.24) is 0 Å². The number of aliphatic hydroxyl groups excluding tert-OH is 1. The summed E-state index contributed by atoms with van der Waals surface area (Å²) in [7, 11) is 0. The van der Waals surface area contributed by atoms with Crippen LogP contribution in [0.5, 0.6) is 11.5 Å². The molecule has 1 N–H and O–H groups in total. The van der Waals surface area contributed by atoms with Crippen LogP contribution in [0.25, 0.3) is 0 Å². The van der Waals surface area contributed by atoms with Gasteiger partial charge in [0.15, 0.2) is 0 Å². The fraction of sp³-hybridized carbons (Fsp3) is 0.235. The number of benzene rings is 2. The van der Waals surface area contributed by atoms with Gasteiger partial charge in [0.05, 0.1) is 17.7 Å². The number of aliphatic hydroxyl groups is 1. The molecule has 118 valence electrons.